The smallest absolute Gasteiger partial charge is 0.196 e. The topological polar surface area (TPSA) is 50.9 Å². The quantitative estimate of drug-likeness (QED) is 0.864. The molecule has 2 heterocycles. The third-order valence-electron chi connectivity index (χ3n) is 3.63. The van der Waals surface area contributed by atoms with Crippen molar-refractivity contribution in [2.45, 2.75) is 18.4 Å². The summed E-state index contributed by atoms with van der Waals surface area (Å²) in [6.45, 7) is 2.28. The standard InChI is InChI=1S/C13H16BrN3O/c14-10-2-4-11(5-3-10)17-12(15)16-8-13(17)6-1-7-18-9-13/h2-5H,1,6-9H2,(H2,15,16). The van der Waals surface area contributed by atoms with Gasteiger partial charge in [0.15, 0.2) is 5.96 Å². The van der Waals surface area contributed by atoms with E-state index in [1.807, 2.05) is 12.1 Å². The van der Waals surface area contributed by atoms with Crippen LogP contribution in [0.5, 0.6) is 0 Å². The Balaban J connectivity index is 1.96. The first kappa shape index (κ1) is 12.0. The average molecular weight is 310 g/mol. The number of halogens is 1. The minimum atomic E-state index is -0.0733. The number of nitrogens with two attached hydrogens (primary N) is 1. The molecule has 1 fully saturated rings. The zero-order valence-corrected chi connectivity index (χ0v) is 11.7. The molecule has 0 saturated carbocycles. The van der Waals surface area contributed by atoms with Crippen LogP contribution in [0, 0.1) is 0 Å². The summed E-state index contributed by atoms with van der Waals surface area (Å²) in [7, 11) is 0. The first-order valence-electron chi connectivity index (χ1n) is 6.15. The second-order valence-electron chi connectivity index (χ2n) is 4.87. The molecule has 1 spiro atoms. The minimum absolute atomic E-state index is 0.0733. The lowest BCUT2D eigenvalue weighted by molar-refractivity contribution is 0.0459. The van der Waals surface area contributed by atoms with Crippen LogP contribution in [0.15, 0.2) is 33.7 Å². The van der Waals surface area contributed by atoms with Gasteiger partial charge in [-0.1, -0.05) is 15.9 Å². The Bertz CT molecular complexity index is 466. The number of nitrogens with zero attached hydrogens (tertiary/aromatic N) is 2. The van der Waals surface area contributed by atoms with E-state index in [9.17, 15) is 0 Å². The van der Waals surface area contributed by atoms with Crippen molar-refractivity contribution in [3.63, 3.8) is 0 Å². The third-order valence-corrected chi connectivity index (χ3v) is 4.15. The minimum Gasteiger partial charge on any atom is -0.379 e. The molecule has 1 atom stereocenters. The fourth-order valence-electron chi connectivity index (χ4n) is 2.75. The first-order chi connectivity index (χ1) is 8.71. The molecule has 4 nitrogen and oxygen atoms in total. The van der Waals surface area contributed by atoms with Gasteiger partial charge in [0.2, 0.25) is 0 Å². The van der Waals surface area contributed by atoms with Gasteiger partial charge in [-0.3, -0.25) is 4.99 Å². The van der Waals surface area contributed by atoms with Gasteiger partial charge in [0.25, 0.3) is 0 Å². The zero-order valence-electron chi connectivity index (χ0n) is 10.1. The molecule has 2 aliphatic rings. The van der Waals surface area contributed by atoms with Crippen LogP contribution in [0.4, 0.5) is 5.69 Å². The van der Waals surface area contributed by atoms with Crippen molar-refractivity contribution >= 4 is 27.6 Å². The molecule has 1 aromatic rings. The van der Waals surface area contributed by atoms with Crippen molar-refractivity contribution in [2.24, 2.45) is 10.7 Å². The number of anilines is 1. The lowest BCUT2D eigenvalue weighted by Gasteiger charge is -2.41. The van der Waals surface area contributed by atoms with E-state index in [0.717, 1.165) is 36.2 Å². The Morgan fingerprint density at radius 3 is 2.78 bits per heavy atom. The Kier molecular flexibility index (Phi) is 3.03. The van der Waals surface area contributed by atoms with Gasteiger partial charge in [0.1, 0.15) is 0 Å². The van der Waals surface area contributed by atoms with Gasteiger partial charge in [0.05, 0.1) is 18.7 Å². The molecule has 2 N–H and O–H groups in total. The summed E-state index contributed by atoms with van der Waals surface area (Å²) in [6.07, 6.45) is 2.14. The summed E-state index contributed by atoms with van der Waals surface area (Å²) in [5.74, 6) is 0.600. The maximum absolute atomic E-state index is 6.06. The second kappa shape index (κ2) is 4.55. The van der Waals surface area contributed by atoms with Crippen molar-refractivity contribution in [3.8, 4) is 0 Å². The van der Waals surface area contributed by atoms with Crippen LogP contribution in [-0.4, -0.2) is 31.3 Å². The van der Waals surface area contributed by atoms with Crippen molar-refractivity contribution in [1.29, 1.82) is 0 Å². The van der Waals surface area contributed by atoms with Gasteiger partial charge in [-0.15, -0.1) is 0 Å². The number of benzene rings is 1. The molecule has 0 radical (unpaired) electrons. The molecular weight excluding hydrogens is 294 g/mol. The van der Waals surface area contributed by atoms with Crippen molar-refractivity contribution in [1.82, 2.24) is 0 Å². The largest absolute Gasteiger partial charge is 0.379 e. The molecule has 3 rings (SSSR count). The molecule has 0 amide bonds. The number of hydrogen-bond donors (Lipinski definition) is 1. The van der Waals surface area contributed by atoms with Crippen LogP contribution in [-0.2, 0) is 4.74 Å². The van der Waals surface area contributed by atoms with Crippen LogP contribution in [0.25, 0.3) is 0 Å². The number of ether oxygens (including phenoxy) is 1. The highest BCUT2D eigenvalue weighted by molar-refractivity contribution is 9.10. The maximum Gasteiger partial charge on any atom is 0.196 e. The maximum atomic E-state index is 6.06. The predicted octanol–water partition coefficient (Wildman–Crippen LogP) is 2.13. The van der Waals surface area contributed by atoms with E-state index >= 15 is 0 Å². The van der Waals surface area contributed by atoms with E-state index in [1.54, 1.807) is 0 Å². The van der Waals surface area contributed by atoms with E-state index < -0.39 is 0 Å². The number of aliphatic imine (C=N–C) groups is 1. The number of rotatable bonds is 1. The average Bonchev–Trinajstić information content (AvgIpc) is 2.69. The summed E-state index contributed by atoms with van der Waals surface area (Å²) in [4.78, 5) is 6.56. The molecule has 5 heteroatoms. The fourth-order valence-corrected chi connectivity index (χ4v) is 3.01. The molecule has 0 aliphatic carbocycles. The molecule has 18 heavy (non-hydrogen) atoms. The lowest BCUT2D eigenvalue weighted by atomic mass is 9.91. The van der Waals surface area contributed by atoms with E-state index in [4.69, 9.17) is 10.5 Å². The van der Waals surface area contributed by atoms with E-state index in [0.29, 0.717) is 12.6 Å². The summed E-state index contributed by atoms with van der Waals surface area (Å²) in [6, 6.07) is 8.18. The van der Waals surface area contributed by atoms with E-state index in [1.165, 1.54) is 0 Å². The van der Waals surface area contributed by atoms with Crippen LogP contribution in [0.3, 0.4) is 0 Å². The van der Waals surface area contributed by atoms with Crippen molar-refractivity contribution in [3.05, 3.63) is 28.7 Å². The molecular formula is C13H16BrN3O. The summed E-state index contributed by atoms with van der Waals surface area (Å²) in [5, 5.41) is 0. The highest BCUT2D eigenvalue weighted by Gasteiger charge is 2.44. The molecule has 1 aromatic carbocycles. The molecule has 1 saturated heterocycles. The van der Waals surface area contributed by atoms with Gasteiger partial charge < -0.3 is 15.4 Å². The molecule has 0 bridgehead atoms. The summed E-state index contributed by atoms with van der Waals surface area (Å²) < 4.78 is 6.72. The van der Waals surface area contributed by atoms with Gasteiger partial charge in [-0.2, -0.15) is 0 Å². The normalized spacial score (nSPS) is 27.6. The van der Waals surface area contributed by atoms with Crippen molar-refractivity contribution in [2.75, 3.05) is 24.7 Å². The SMILES string of the molecule is NC1=NCC2(CCCOC2)N1c1ccc(Br)cc1. The van der Waals surface area contributed by atoms with Crippen LogP contribution in [0.1, 0.15) is 12.8 Å². The van der Waals surface area contributed by atoms with E-state index in [2.05, 4.69) is 38.0 Å². The van der Waals surface area contributed by atoms with Gasteiger partial charge in [-0.05, 0) is 37.1 Å². The second-order valence-corrected chi connectivity index (χ2v) is 5.78. The van der Waals surface area contributed by atoms with Crippen LogP contribution < -0.4 is 10.6 Å². The van der Waals surface area contributed by atoms with Gasteiger partial charge in [0, 0.05) is 16.8 Å². The highest BCUT2D eigenvalue weighted by Crippen LogP contribution is 2.35. The Labute approximate surface area is 115 Å². The first-order valence-corrected chi connectivity index (χ1v) is 6.94. The molecule has 1 unspecified atom stereocenters. The molecule has 2 aliphatic heterocycles. The summed E-state index contributed by atoms with van der Waals surface area (Å²) in [5.41, 5.74) is 7.08. The monoisotopic (exact) mass is 309 g/mol. The molecule has 0 aromatic heterocycles. The van der Waals surface area contributed by atoms with Gasteiger partial charge >= 0.3 is 0 Å². The Morgan fingerprint density at radius 2 is 2.11 bits per heavy atom. The van der Waals surface area contributed by atoms with Crippen molar-refractivity contribution < 1.29 is 4.74 Å². The Hall–Kier alpha value is -1.07. The Morgan fingerprint density at radius 1 is 1.33 bits per heavy atom. The van der Waals surface area contributed by atoms with E-state index in [-0.39, 0.29) is 5.54 Å². The van der Waals surface area contributed by atoms with Crippen LogP contribution in [0.2, 0.25) is 0 Å². The predicted molar refractivity (Wildman–Crippen MR) is 75.9 cm³/mol. The van der Waals surface area contributed by atoms with Gasteiger partial charge in [-0.25, -0.2) is 0 Å². The summed E-state index contributed by atoms with van der Waals surface area (Å²) >= 11 is 3.45. The molecule has 96 valence electrons. The van der Waals surface area contributed by atoms with Crippen LogP contribution >= 0.6 is 15.9 Å². The third kappa shape index (κ3) is 1.91. The zero-order chi connectivity index (χ0) is 12.6. The highest BCUT2D eigenvalue weighted by atomic mass is 79.9. The number of hydrogen-bond acceptors (Lipinski definition) is 4. The lowest BCUT2D eigenvalue weighted by Crippen LogP contribution is -2.56. The fraction of sp³-hybridized carbons (Fsp3) is 0.462. The number of guanidine groups is 1.